The molecule has 4 nitrogen and oxygen atoms in total. The van der Waals surface area contributed by atoms with E-state index < -0.39 is 35.0 Å². The predicted molar refractivity (Wildman–Crippen MR) is 70.4 cm³/mol. The average molecular weight is 314 g/mol. The van der Waals surface area contributed by atoms with Crippen LogP contribution in [0.5, 0.6) is 0 Å². The van der Waals surface area contributed by atoms with Gasteiger partial charge < -0.3 is 10.4 Å². The van der Waals surface area contributed by atoms with E-state index in [1.165, 1.54) is 0 Å². The second-order valence-corrected chi connectivity index (χ2v) is 5.71. The Bertz CT molecular complexity index is 709. The number of nitrogens with one attached hydrogen (secondary N) is 1. The quantitative estimate of drug-likeness (QED) is 0.911. The molecular formula is C13H9F3N2O2S. The first-order valence-electron chi connectivity index (χ1n) is 6.09. The summed E-state index contributed by atoms with van der Waals surface area (Å²) in [6.07, 6.45) is 1.04. The van der Waals surface area contributed by atoms with Crippen LogP contribution in [0.1, 0.15) is 22.9 Å². The van der Waals surface area contributed by atoms with Gasteiger partial charge in [0.05, 0.1) is 5.69 Å². The molecule has 1 aromatic carbocycles. The van der Waals surface area contributed by atoms with Crippen molar-refractivity contribution in [2.24, 2.45) is 0 Å². The van der Waals surface area contributed by atoms with Crippen molar-refractivity contribution >= 4 is 28.1 Å². The summed E-state index contributed by atoms with van der Waals surface area (Å²) < 4.78 is 39.9. The number of anilines is 2. The topological polar surface area (TPSA) is 62.2 Å². The minimum atomic E-state index is -1.07. The number of hydrogen-bond acceptors (Lipinski definition) is 4. The van der Waals surface area contributed by atoms with Crippen LogP contribution in [-0.4, -0.2) is 16.1 Å². The van der Waals surface area contributed by atoms with Crippen LogP contribution < -0.4 is 5.32 Å². The number of aryl methyl sites for hydroxylation is 1. The normalized spacial score (nSPS) is 16.8. The van der Waals surface area contributed by atoms with Crippen LogP contribution in [-0.2, 0) is 11.2 Å². The fourth-order valence-corrected chi connectivity index (χ4v) is 3.33. The van der Waals surface area contributed by atoms with Crippen molar-refractivity contribution in [2.75, 3.05) is 5.32 Å². The molecule has 0 spiro atoms. The molecule has 1 aromatic heterocycles. The molecule has 2 aromatic rings. The number of rotatable bonds is 3. The molecule has 0 saturated heterocycles. The minimum Gasteiger partial charge on any atom is -0.481 e. The highest BCUT2D eigenvalue weighted by Gasteiger charge is 2.32. The number of benzene rings is 1. The van der Waals surface area contributed by atoms with Crippen molar-refractivity contribution < 1.29 is 23.1 Å². The van der Waals surface area contributed by atoms with E-state index in [1.54, 1.807) is 0 Å². The van der Waals surface area contributed by atoms with Gasteiger partial charge in [-0.3, -0.25) is 4.79 Å². The van der Waals surface area contributed by atoms with Crippen molar-refractivity contribution in [1.29, 1.82) is 0 Å². The number of thiazole rings is 1. The maximum atomic E-state index is 13.5. The smallest absolute Gasteiger partial charge is 0.312 e. The van der Waals surface area contributed by atoms with Crippen LogP contribution >= 0.6 is 11.3 Å². The molecule has 21 heavy (non-hydrogen) atoms. The largest absolute Gasteiger partial charge is 0.481 e. The van der Waals surface area contributed by atoms with Gasteiger partial charge in [0, 0.05) is 17.0 Å². The van der Waals surface area contributed by atoms with Gasteiger partial charge in [-0.05, 0) is 12.8 Å². The molecular weight excluding hydrogens is 305 g/mol. The molecule has 0 radical (unpaired) electrons. The average Bonchev–Trinajstić information content (AvgIpc) is 2.92. The highest BCUT2D eigenvalue weighted by Crippen LogP contribution is 2.39. The molecule has 0 amide bonds. The highest BCUT2D eigenvalue weighted by atomic mass is 32.1. The van der Waals surface area contributed by atoms with Crippen molar-refractivity contribution in [3.8, 4) is 0 Å². The molecule has 8 heteroatoms. The zero-order valence-electron chi connectivity index (χ0n) is 10.5. The molecule has 2 N–H and O–H groups in total. The Kier molecular flexibility index (Phi) is 3.32. The van der Waals surface area contributed by atoms with E-state index in [1.807, 2.05) is 0 Å². The Morgan fingerprint density at radius 1 is 1.33 bits per heavy atom. The van der Waals surface area contributed by atoms with Gasteiger partial charge in [0.25, 0.3) is 0 Å². The van der Waals surface area contributed by atoms with Gasteiger partial charge in [0.1, 0.15) is 17.4 Å². The summed E-state index contributed by atoms with van der Waals surface area (Å²) >= 11 is 1.15. The molecule has 0 bridgehead atoms. The molecule has 110 valence electrons. The summed E-state index contributed by atoms with van der Waals surface area (Å²) in [5.74, 6) is -4.81. The van der Waals surface area contributed by atoms with Gasteiger partial charge in [-0.1, -0.05) is 0 Å². The van der Waals surface area contributed by atoms with Crippen LogP contribution in [0.3, 0.4) is 0 Å². The fourth-order valence-electron chi connectivity index (χ4n) is 2.29. The van der Waals surface area contributed by atoms with Crippen LogP contribution in [0, 0.1) is 17.5 Å². The number of nitrogens with zero attached hydrogens (tertiary/aromatic N) is 1. The Balaban J connectivity index is 1.91. The Labute approximate surface area is 121 Å². The highest BCUT2D eigenvalue weighted by molar-refractivity contribution is 7.15. The number of aliphatic carboxylic acids is 1. The van der Waals surface area contributed by atoms with E-state index in [9.17, 15) is 18.0 Å². The third kappa shape index (κ3) is 2.46. The number of carbonyl (C=O) groups is 1. The van der Waals surface area contributed by atoms with Crippen molar-refractivity contribution in [2.45, 2.75) is 18.8 Å². The number of fused-ring (bicyclic) bond motifs is 1. The van der Waals surface area contributed by atoms with Gasteiger partial charge in [-0.25, -0.2) is 18.2 Å². The summed E-state index contributed by atoms with van der Waals surface area (Å²) in [6, 6.07) is 1.12. The zero-order valence-corrected chi connectivity index (χ0v) is 11.3. The molecule has 1 aliphatic rings. The third-order valence-electron chi connectivity index (χ3n) is 3.25. The summed E-state index contributed by atoms with van der Waals surface area (Å²) in [7, 11) is 0. The first-order valence-corrected chi connectivity index (χ1v) is 6.91. The van der Waals surface area contributed by atoms with E-state index in [-0.39, 0.29) is 5.13 Å². The fraction of sp³-hybridized carbons (Fsp3) is 0.231. The van der Waals surface area contributed by atoms with E-state index in [0.29, 0.717) is 30.7 Å². The van der Waals surface area contributed by atoms with Crippen molar-refractivity contribution in [1.82, 2.24) is 4.98 Å². The molecule has 3 rings (SSSR count). The lowest BCUT2D eigenvalue weighted by Gasteiger charge is -2.06. The molecule has 0 saturated carbocycles. The van der Waals surface area contributed by atoms with Crippen LogP contribution in [0.2, 0.25) is 0 Å². The molecule has 0 fully saturated rings. The maximum Gasteiger partial charge on any atom is 0.312 e. The van der Waals surface area contributed by atoms with E-state index in [0.717, 1.165) is 16.2 Å². The maximum absolute atomic E-state index is 13.5. The predicted octanol–water partition coefficient (Wildman–Crippen LogP) is 3.42. The van der Waals surface area contributed by atoms with Gasteiger partial charge in [-0.15, -0.1) is 11.3 Å². The summed E-state index contributed by atoms with van der Waals surface area (Å²) in [5.41, 5.74) is -0.0753. The molecule has 0 aliphatic heterocycles. The number of carboxylic acid groups (broad SMARTS) is 1. The molecule has 1 atom stereocenters. The first-order chi connectivity index (χ1) is 9.95. The summed E-state index contributed by atoms with van der Waals surface area (Å²) in [5, 5.41) is 11.7. The third-order valence-corrected chi connectivity index (χ3v) is 4.30. The van der Waals surface area contributed by atoms with Gasteiger partial charge in [0.15, 0.2) is 16.8 Å². The van der Waals surface area contributed by atoms with Crippen LogP contribution in [0.15, 0.2) is 12.1 Å². The summed E-state index contributed by atoms with van der Waals surface area (Å²) in [6.45, 7) is 0. The first kappa shape index (κ1) is 13.9. The van der Waals surface area contributed by atoms with Gasteiger partial charge in [0.2, 0.25) is 0 Å². The number of carboxylic acids is 1. The Hall–Kier alpha value is -2.09. The Morgan fingerprint density at radius 3 is 2.62 bits per heavy atom. The zero-order chi connectivity index (χ0) is 15.1. The SMILES string of the molecule is O=C(O)C1CCc2sc(Nc3c(F)cc(F)cc3F)nc21. The van der Waals surface area contributed by atoms with Crippen LogP contribution in [0.25, 0.3) is 0 Å². The lowest BCUT2D eigenvalue weighted by atomic mass is 10.1. The van der Waals surface area contributed by atoms with E-state index >= 15 is 0 Å². The van der Waals surface area contributed by atoms with Crippen LogP contribution in [0.4, 0.5) is 24.0 Å². The number of hydrogen-bond donors (Lipinski definition) is 2. The lowest BCUT2D eigenvalue weighted by molar-refractivity contribution is -0.138. The van der Waals surface area contributed by atoms with Gasteiger partial charge in [-0.2, -0.15) is 0 Å². The summed E-state index contributed by atoms with van der Waals surface area (Å²) in [4.78, 5) is 15.9. The van der Waals surface area contributed by atoms with Crippen molar-refractivity contribution in [3.63, 3.8) is 0 Å². The van der Waals surface area contributed by atoms with E-state index in [2.05, 4.69) is 10.3 Å². The standard InChI is InChI=1S/C13H9F3N2O2S/c14-5-3-7(15)11(8(16)4-5)18-13-17-10-6(12(19)20)1-2-9(10)21-13/h3-4,6H,1-2H2,(H,17,18)(H,19,20). The second-order valence-electron chi connectivity index (χ2n) is 4.63. The van der Waals surface area contributed by atoms with E-state index in [4.69, 9.17) is 5.11 Å². The number of halogens is 3. The van der Waals surface area contributed by atoms with Crippen molar-refractivity contribution in [3.05, 3.63) is 40.2 Å². The van der Waals surface area contributed by atoms with Gasteiger partial charge >= 0.3 is 5.97 Å². The molecule has 1 heterocycles. The second kappa shape index (κ2) is 5.03. The lowest BCUT2D eigenvalue weighted by Crippen LogP contribution is -2.08. The Morgan fingerprint density at radius 2 is 2.00 bits per heavy atom. The minimum absolute atomic E-state index is 0.190. The molecule has 1 aliphatic carbocycles. The number of aromatic nitrogens is 1. The molecule has 1 unspecified atom stereocenters. The monoisotopic (exact) mass is 314 g/mol.